The zero-order chi connectivity index (χ0) is 16.8. The Bertz CT molecular complexity index is 557. The minimum absolute atomic E-state index is 0. The van der Waals surface area contributed by atoms with Gasteiger partial charge in [-0.15, -0.1) is 12.4 Å². The van der Waals surface area contributed by atoms with Crippen LogP contribution in [0.3, 0.4) is 0 Å². The van der Waals surface area contributed by atoms with Crippen molar-refractivity contribution in [1.82, 2.24) is 15.5 Å². The SMILES string of the molecule is Cl.O=C(NCCN1CCNCC1)C1(c2cccc(Br)c2)CCCCC1. The molecule has 1 aromatic rings. The third-order valence-corrected chi connectivity index (χ3v) is 5.94. The van der Waals surface area contributed by atoms with Gasteiger partial charge in [-0.2, -0.15) is 0 Å². The molecule has 3 rings (SSSR count). The van der Waals surface area contributed by atoms with Gasteiger partial charge in [0.25, 0.3) is 0 Å². The van der Waals surface area contributed by atoms with Crippen molar-refractivity contribution in [2.45, 2.75) is 37.5 Å². The second-order valence-corrected chi connectivity index (χ2v) is 7.92. The van der Waals surface area contributed by atoms with E-state index in [1.165, 1.54) is 6.42 Å². The van der Waals surface area contributed by atoms with Gasteiger partial charge in [-0.05, 0) is 30.5 Å². The Labute approximate surface area is 165 Å². The summed E-state index contributed by atoms with van der Waals surface area (Å²) in [5.41, 5.74) is 0.821. The molecule has 2 aliphatic rings. The maximum Gasteiger partial charge on any atom is 0.230 e. The summed E-state index contributed by atoms with van der Waals surface area (Å²) in [4.78, 5) is 15.5. The number of rotatable bonds is 5. The number of halogens is 2. The smallest absolute Gasteiger partial charge is 0.230 e. The van der Waals surface area contributed by atoms with Gasteiger partial charge in [0.1, 0.15) is 0 Å². The number of amides is 1. The summed E-state index contributed by atoms with van der Waals surface area (Å²) in [6.07, 6.45) is 5.44. The minimum Gasteiger partial charge on any atom is -0.354 e. The molecule has 0 spiro atoms. The fourth-order valence-corrected chi connectivity index (χ4v) is 4.42. The van der Waals surface area contributed by atoms with E-state index in [4.69, 9.17) is 0 Å². The van der Waals surface area contributed by atoms with E-state index < -0.39 is 0 Å². The summed E-state index contributed by atoms with van der Waals surface area (Å²) in [5.74, 6) is 0.218. The highest BCUT2D eigenvalue weighted by Crippen LogP contribution is 2.40. The van der Waals surface area contributed by atoms with Gasteiger partial charge in [0.15, 0.2) is 0 Å². The number of nitrogens with one attached hydrogen (secondary N) is 2. The average molecular weight is 431 g/mol. The van der Waals surface area contributed by atoms with Crippen LogP contribution in [0, 0.1) is 0 Å². The summed E-state index contributed by atoms with van der Waals surface area (Å²) in [5, 5.41) is 6.61. The second-order valence-electron chi connectivity index (χ2n) is 7.00. The van der Waals surface area contributed by atoms with Crippen LogP contribution in [0.5, 0.6) is 0 Å². The molecule has 1 saturated heterocycles. The molecular formula is C19H29BrClN3O. The first-order valence-electron chi connectivity index (χ1n) is 9.18. The Hall–Kier alpha value is -0.620. The van der Waals surface area contributed by atoms with Crippen molar-refractivity contribution in [2.75, 3.05) is 39.3 Å². The van der Waals surface area contributed by atoms with Crippen LogP contribution in [-0.4, -0.2) is 50.1 Å². The number of benzene rings is 1. The molecule has 0 bridgehead atoms. The number of carbonyl (C=O) groups is 1. The lowest BCUT2D eigenvalue weighted by Gasteiger charge is -2.37. The summed E-state index contributed by atoms with van der Waals surface area (Å²) in [6, 6.07) is 8.32. The largest absolute Gasteiger partial charge is 0.354 e. The first kappa shape index (κ1) is 20.7. The van der Waals surface area contributed by atoms with Crippen molar-refractivity contribution in [3.05, 3.63) is 34.3 Å². The van der Waals surface area contributed by atoms with Crippen LogP contribution in [0.15, 0.2) is 28.7 Å². The average Bonchev–Trinajstić information content (AvgIpc) is 2.63. The van der Waals surface area contributed by atoms with Crippen molar-refractivity contribution in [3.8, 4) is 0 Å². The van der Waals surface area contributed by atoms with Gasteiger partial charge in [0.2, 0.25) is 5.91 Å². The van der Waals surface area contributed by atoms with Gasteiger partial charge in [0, 0.05) is 43.7 Å². The molecule has 0 atom stereocenters. The molecule has 4 nitrogen and oxygen atoms in total. The summed E-state index contributed by atoms with van der Waals surface area (Å²) < 4.78 is 1.05. The van der Waals surface area contributed by atoms with Crippen molar-refractivity contribution in [3.63, 3.8) is 0 Å². The van der Waals surface area contributed by atoms with Gasteiger partial charge in [-0.25, -0.2) is 0 Å². The van der Waals surface area contributed by atoms with Gasteiger partial charge >= 0.3 is 0 Å². The number of hydrogen-bond acceptors (Lipinski definition) is 3. The fraction of sp³-hybridized carbons (Fsp3) is 0.632. The topological polar surface area (TPSA) is 44.4 Å². The number of carbonyl (C=O) groups excluding carboxylic acids is 1. The van der Waals surface area contributed by atoms with Crippen LogP contribution in [0.25, 0.3) is 0 Å². The quantitative estimate of drug-likeness (QED) is 0.754. The molecule has 1 aliphatic heterocycles. The molecule has 25 heavy (non-hydrogen) atoms. The number of hydrogen-bond donors (Lipinski definition) is 2. The third-order valence-electron chi connectivity index (χ3n) is 5.44. The Morgan fingerprint density at radius 1 is 1.20 bits per heavy atom. The van der Waals surface area contributed by atoms with Crippen LogP contribution in [0.1, 0.15) is 37.7 Å². The van der Waals surface area contributed by atoms with E-state index in [0.717, 1.165) is 75.0 Å². The van der Waals surface area contributed by atoms with E-state index >= 15 is 0 Å². The predicted molar refractivity (Wildman–Crippen MR) is 108 cm³/mol. The van der Waals surface area contributed by atoms with E-state index in [1.54, 1.807) is 0 Å². The van der Waals surface area contributed by atoms with E-state index in [2.05, 4.69) is 43.6 Å². The highest BCUT2D eigenvalue weighted by molar-refractivity contribution is 9.10. The van der Waals surface area contributed by atoms with Crippen LogP contribution >= 0.6 is 28.3 Å². The molecule has 1 saturated carbocycles. The van der Waals surface area contributed by atoms with Crippen molar-refractivity contribution in [2.24, 2.45) is 0 Å². The minimum atomic E-state index is -0.342. The monoisotopic (exact) mass is 429 g/mol. The van der Waals surface area contributed by atoms with Crippen LogP contribution < -0.4 is 10.6 Å². The Kier molecular flexibility index (Phi) is 8.20. The molecule has 1 aromatic carbocycles. The normalized spacial score (nSPS) is 20.5. The molecule has 2 N–H and O–H groups in total. The first-order chi connectivity index (χ1) is 11.7. The lowest BCUT2D eigenvalue weighted by atomic mass is 9.68. The fourth-order valence-electron chi connectivity index (χ4n) is 4.02. The van der Waals surface area contributed by atoms with E-state index in [-0.39, 0.29) is 23.7 Å². The molecule has 1 amide bonds. The molecule has 6 heteroatoms. The summed E-state index contributed by atoms with van der Waals surface area (Å²) >= 11 is 3.56. The van der Waals surface area contributed by atoms with Crippen molar-refractivity contribution < 1.29 is 4.79 Å². The molecule has 0 aromatic heterocycles. The molecule has 1 heterocycles. The highest BCUT2D eigenvalue weighted by Gasteiger charge is 2.40. The number of nitrogens with zero attached hydrogens (tertiary/aromatic N) is 1. The lowest BCUT2D eigenvalue weighted by molar-refractivity contribution is -0.128. The van der Waals surface area contributed by atoms with Gasteiger partial charge in [-0.3, -0.25) is 9.69 Å². The number of piperazine rings is 1. The predicted octanol–water partition coefficient (Wildman–Crippen LogP) is 3.09. The standard InChI is InChI=1S/C19H28BrN3O.ClH/c20-17-6-4-5-16(15-17)19(7-2-1-3-8-19)18(24)22-11-14-23-12-9-21-10-13-23;/h4-6,15,21H,1-3,7-14H2,(H,22,24);1H. The van der Waals surface area contributed by atoms with Crippen LogP contribution in [0.4, 0.5) is 0 Å². The van der Waals surface area contributed by atoms with Crippen molar-refractivity contribution >= 4 is 34.2 Å². The zero-order valence-electron chi connectivity index (χ0n) is 14.7. The third kappa shape index (κ3) is 5.19. The zero-order valence-corrected chi connectivity index (χ0v) is 17.1. The molecular weight excluding hydrogens is 402 g/mol. The van der Waals surface area contributed by atoms with E-state index in [1.807, 2.05) is 12.1 Å². The summed E-state index contributed by atoms with van der Waals surface area (Å²) in [7, 11) is 0. The van der Waals surface area contributed by atoms with Crippen molar-refractivity contribution in [1.29, 1.82) is 0 Å². The molecule has 1 aliphatic carbocycles. The van der Waals surface area contributed by atoms with E-state index in [9.17, 15) is 4.79 Å². The molecule has 0 unspecified atom stereocenters. The lowest BCUT2D eigenvalue weighted by Crippen LogP contribution is -2.50. The van der Waals surface area contributed by atoms with Gasteiger partial charge in [0.05, 0.1) is 5.41 Å². The Morgan fingerprint density at radius 2 is 1.92 bits per heavy atom. The second kappa shape index (κ2) is 9.91. The Morgan fingerprint density at radius 3 is 2.60 bits per heavy atom. The maximum atomic E-state index is 13.1. The van der Waals surface area contributed by atoms with Crippen LogP contribution in [-0.2, 0) is 10.2 Å². The molecule has 140 valence electrons. The van der Waals surface area contributed by atoms with Crippen LogP contribution in [0.2, 0.25) is 0 Å². The maximum absolute atomic E-state index is 13.1. The van der Waals surface area contributed by atoms with E-state index in [0.29, 0.717) is 0 Å². The Balaban J connectivity index is 0.00000225. The van der Waals surface area contributed by atoms with Gasteiger partial charge < -0.3 is 10.6 Å². The molecule has 2 fully saturated rings. The first-order valence-corrected chi connectivity index (χ1v) is 9.97. The highest BCUT2D eigenvalue weighted by atomic mass is 79.9. The molecule has 0 radical (unpaired) electrons. The van der Waals surface area contributed by atoms with Gasteiger partial charge in [-0.1, -0.05) is 47.3 Å². The summed E-state index contributed by atoms with van der Waals surface area (Å²) in [6.45, 7) is 5.95.